The van der Waals surface area contributed by atoms with Crippen molar-refractivity contribution in [2.75, 3.05) is 13.2 Å². The van der Waals surface area contributed by atoms with E-state index in [2.05, 4.69) is 0 Å². The van der Waals surface area contributed by atoms with Crippen LogP contribution < -0.4 is 0 Å². The summed E-state index contributed by atoms with van der Waals surface area (Å²) in [7, 11) is 0. The topological polar surface area (TPSA) is 72.8 Å². The Labute approximate surface area is 123 Å². The number of benzene rings is 1. The molecule has 5 nitrogen and oxygen atoms in total. The number of ether oxygens (including phenoxy) is 2. The average Bonchev–Trinajstić information content (AvgIpc) is 2.53. The van der Waals surface area contributed by atoms with Gasteiger partial charge in [0.25, 0.3) is 0 Å². The van der Waals surface area contributed by atoms with E-state index in [1.54, 1.807) is 49.4 Å². The second-order valence-corrected chi connectivity index (χ2v) is 4.93. The van der Waals surface area contributed by atoms with Gasteiger partial charge in [-0.3, -0.25) is 0 Å². The molecule has 2 atom stereocenters. The summed E-state index contributed by atoms with van der Waals surface area (Å²) in [5.41, 5.74) is -1.40. The molecule has 1 aromatic rings. The second kappa shape index (κ2) is 6.54. The van der Waals surface area contributed by atoms with Crippen LogP contribution in [0.15, 0.2) is 42.5 Å². The zero-order chi connectivity index (χ0) is 15.3. The summed E-state index contributed by atoms with van der Waals surface area (Å²) in [6.07, 6.45) is 4.03. The highest BCUT2D eigenvalue weighted by atomic mass is 16.6. The molecule has 1 aromatic carbocycles. The quantitative estimate of drug-likeness (QED) is 0.627. The van der Waals surface area contributed by atoms with Crippen molar-refractivity contribution < 1.29 is 24.2 Å². The van der Waals surface area contributed by atoms with Gasteiger partial charge in [0.05, 0.1) is 6.61 Å². The first-order valence-corrected chi connectivity index (χ1v) is 6.82. The Bertz CT molecular complexity index is 537. The van der Waals surface area contributed by atoms with E-state index in [1.807, 2.05) is 0 Å². The molecule has 1 heterocycles. The van der Waals surface area contributed by atoms with Crippen molar-refractivity contribution in [3.8, 4) is 0 Å². The van der Waals surface area contributed by atoms with Crippen LogP contribution in [0.3, 0.4) is 0 Å². The van der Waals surface area contributed by atoms with Crippen LogP contribution >= 0.6 is 0 Å². The van der Waals surface area contributed by atoms with Crippen LogP contribution in [0, 0.1) is 5.92 Å². The van der Waals surface area contributed by atoms with E-state index < -0.39 is 30.1 Å². The van der Waals surface area contributed by atoms with Crippen LogP contribution in [0.2, 0.25) is 0 Å². The predicted octanol–water partition coefficient (Wildman–Crippen LogP) is 1.56. The molecule has 0 bridgehead atoms. The molecule has 0 aromatic heterocycles. The van der Waals surface area contributed by atoms with Gasteiger partial charge in [0.1, 0.15) is 0 Å². The van der Waals surface area contributed by atoms with Gasteiger partial charge in [-0.2, -0.15) is 0 Å². The zero-order valence-electron chi connectivity index (χ0n) is 11.8. The van der Waals surface area contributed by atoms with Crippen LogP contribution in [-0.4, -0.2) is 30.3 Å². The highest BCUT2D eigenvalue weighted by Gasteiger charge is 2.44. The Hall–Kier alpha value is -2.14. The van der Waals surface area contributed by atoms with Crippen molar-refractivity contribution in [1.29, 1.82) is 0 Å². The fourth-order valence-electron chi connectivity index (χ4n) is 2.22. The fourth-order valence-corrected chi connectivity index (χ4v) is 2.22. The van der Waals surface area contributed by atoms with Crippen molar-refractivity contribution in [1.82, 2.24) is 0 Å². The van der Waals surface area contributed by atoms with Gasteiger partial charge >= 0.3 is 11.9 Å². The van der Waals surface area contributed by atoms with Crippen LogP contribution in [-0.2, 0) is 24.7 Å². The minimum Gasteiger partial charge on any atom is -0.463 e. The molecule has 5 heteroatoms. The van der Waals surface area contributed by atoms with E-state index in [0.717, 1.165) is 0 Å². The Morgan fingerprint density at radius 3 is 2.62 bits per heavy atom. The van der Waals surface area contributed by atoms with E-state index >= 15 is 0 Å². The number of esters is 2. The number of cyclic esters (lactones) is 2. The molecule has 0 spiro atoms. The van der Waals surface area contributed by atoms with Crippen molar-refractivity contribution in [2.45, 2.75) is 18.9 Å². The maximum Gasteiger partial charge on any atom is 0.344 e. The molecule has 0 saturated carbocycles. The number of carbonyl (C=O) groups is 2. The first kappa shape index (κ1) is 15.3. The number of hydrogen-bond donors (Lipinski definition) is 1. The molecule has 112 valence electrons. The smallest absolute Gasteiger partial charge is 0.344 e. The lowest BCUT2D eigenvalue weighted by Gasteiger charge is -2.30. The summed E-state index contributed by atoms with van der Waals surface area (Å²) in [5, 5.41) is 10.9. The first-order chi connectivity index (χ1) is 10.0. The summed E-state index contributed by atoms with van der Waals surface area (Å²) in [6.45, 7) is 1.45. The van der Waals surface area contributed by atoms with Crippen molar-refractivity contribution in [3.63, 3.8) is 0 Å². The van der Waals surface area contributed by atoms with E-state index in [1.165, 1.54) is 0 Å². The highest BCUT2D eigenvalue weighted by molar-refractivity contribution is 5.84. The monoisotopic (exact) mass is 290 g/mol. The minimum absolute atomic E-state index is 0.226. The van der Waals surface area contributed by atoms with E-state index in [9.17, 15) is 14.7 Å². The third kappa shape index (κ3) is 3.31. The predicted molar refractivity (Wildman–Crippen MR) is 75.2 cm³/mol. The van der Waals surface area contributed by atoms with Gasteiger partial charge in [-0.1, -0.05) is 49.4 Å². The van der Waals surface area contributed by atoms with Crippen LogP contribution in [0.25, 0.3) is 0 Å². The molecule has 2 rings (SSSR count). The van der Waals surface area contributed by atoms with Gasteiger partial charge in [-0.15, -0.1) is 0 Å². The lowest BCUT2D eigenvalue weighted by Crippen LogP contribution is -2.43. The normalized spacial score (nSPS) is 29.0. The van der Waals surface area contributed by atoms with Gasteiger partial charge in [-0.25, -0.2) is 9.59 Å². The first-order valence-electron chi connectivity index (χ1n) is 6.82. The molecular weight excluding hydrogens is 272 g/mol. The molecule has 1 N–H and O–H groups in total. The summed E-state index contributed by atoms with van der Waals surface area (Å²) < 4.78 is 9.81. The van der Waals surface area contributed by atoms with E-state index in [4.69, 9.17) is 9.47 Å². The molecule has 2 unspecified atom stereocenters. The van der Waals surface area contributed by atoms with Crippen LogP contribution in [0.5, 0.6) is 0 Å². The maximum atomic E-state index is 12.3. The maximum absolute atomic E-state index is 12.3. The van der Waals surface area contributed by atoms with E-state index in [-0.39, 0.29) is 6.61 Å². The van der Waals surface area contributed by atoms with Gasteiger partial charge in [0.2, 0.25) is 0 Å². The molecular formula is C16H18O5. The molecule has 0 aliphatic carbocycles. The van der Waals surface area contributed by atoms with Gasteiger partial charge < -0.3 is 14.6 Å². The molecule has 0 radical (unpaired) electrons. The second-order valence-electron chi connectivity index (χ2n) is 4.93. The van der Waals surface area contributed by atoms with Crippen molar-refractivity contribution >= 4 is 11.9 Å². The summed E-state index contributed by atoms with van der Waals surface area (Å²) in [4.78, 5) is 23.7. The number of rotatable bonds is 1. The molecule has 0 saturated heterocycles. The third-order valence-electron chi connectivity index (χ3n) is 3.48. The molecule has 0 fully saturated rings. The Kier molecular flexibility index (Phi) is 4.75. The fraction of sp³-hybridized carbons (Fsp3) is 0.375. The number of aliphatic hydroxyl groups is 1. The van der Waals surface area contributed by atoms with E-state index in [0.29, 0.717) is 12.0 Å². The largest absolute Gasteiger partial charge is 0.463 e. The minimum atomic E-state index is -1.83. The average molecular weight is 290 g/mol. The molecule has 0 amide bonds. The summed E-state index contributed by atoms with van der Waals surface area (Å²) in [5.74, 6) is -1.98. The third-order valence-corrected chi connectivity index (χ3v) is 3.48. The standard InChI is InChI=1S/C16H18O5/c1-12-7-5-6-10-20-14(17)11-21-15(18)16(12,19)13-8-3-2-4-9-13/h2-5,7-9,12,19H,6,10-11H2,1H3/b7-5-. The molecule has 21 heavy (non-hydrogen) atoms. The van der Waals surface area contributed by atoms with Crippen LogP contribution in [0.1, 0.15) is 18.9 Å². The Balaban J connectivity index is 2.38. The number of carbonyl (C=O) groups excluding carboxylic acids is 2. The lowest BCUT2D eigenvalue weighted by atomic mass is 9.82. The van der Waals surface area contributed by atoms with Crippen molar-refractivity contribution in [3.05, 3.63) is 48.0 Å². The van der Waals surface area contributed by atoms with Gasteiger partial charge in [-0.05, 0) is 12.0 Å². The van der Waals surface area contributed by atoms with Gasteiger partial charge in [0, 0.05) is 5.92 Å². The Morgan fingerprint density at radius 2 is 1.90 bits per heavy atom. The summed E-state index contributed by atoms with van der Waals surface area (Å²) in [6, 6.07) is 8.57. The molecule has 1 aliphatic rings. The van der Waals surface area contributed by atoms with Crippen LogP contribution in [0.4, 0.5) is 0 Å². The highest BCUT2D eigenvalue weighted by Crippen LogP contribution is 2.32. The number of hydrogen-bond acceptors (Lipinski definition) is 5. The Morgan fingerprint density at radius 1 is 1.19 bits per heavy atom. The lowest BCUT2D eigenvalue weighted by molar-refractivity contribution is -0.176. The molecule has 1 aliphatic heterocycles. The SMILES string of the molecule is CC1/C=C\CCOC(=O)COC(=O)C1(O)c1ccccc1. The zero-order valence-corrected chi connectivity index (χ0v) is 11.8. The van der Waals surface area contributed by atoms with Crippen molar-refractivity contribution in [2.24, 2.45) is 5.92 Å². The van der Waals surface area contributed by atoms with Gasteiger partial charge in [0.15, 0.2) is 12.2 Å². The summed E-state index contributed by atoms with van der Waals surface area (Å²) >= 11 is 0.